The Morgan fingerprint density at radius 1 is 1.47 bits per heavy atom. The van der Waals surface area contributed by atoms with Crippen molar-refractivity contribution >= 4 is 0 Å². The van der Waals surface area contributed by atoms with E-state index in [-0.39, 0.29) is 6.04 Å². The predicted octanol–water partition coefficient (Wildman–Crippen LogP) is 2.24. The first-order valence-electron chi connectivity index (χ1n) is 5.51. The van der Waals surface area contributed by atoms with Gasteiger partial charge in [-0.15, -0.1) is 0 Å². The zero-order valence-electron chi connectivity index (χ0n) is 9.82. The van der Waals surface area contributed by atoms with Crippen LogP contribution in [0.25, 0.3) is 0 Å². The van der Waals surface area contributed by atoms with Gasteiger partial charge in [-0.2, -0.15) is 4.98 Å². The molecule has 2 rings (SSSR count). The van der Waals surface area contributed by atoms with Crippen molar-refractivity contribution < 1.29 is 4.52 Å². The number of hydrogen-bond acceptors (Lipinski definition) is 4. The summed E-state index contributed by atoms with van der Waals surface area (Å²) < 4.78 is 5.25. The van der Waals surface area contributed by atoms with E-state index >= 15 is 0 Å². The summed E-state index contributed by atoms with van der Waals surface area (Å²) >= 11 is 0. The third-order valence-corrected chi connectivity index (χ3v) is 3.29. The topological polar surface area (TPSA) is 64.9 Å². The fourth-order valence-corrected chi connectivity index (χ4v) is 1.71. The zero-order chi connectivity index (χ0) is 11.2. The molecule has 1 aromatic heterocycles. The molecule has 0 bridgehead atoms. The normalized spacial score (nSPS) is 25.6. The minimum Gasteiger partial charge on any atom is -0.339 e. The van der Waals surface area contributed by atoms with Gasteiger partial charge in [-0.05, 0) is 17.8 Å². The fourth-order valence-electron chi connectivity index (χ4n) is 1.71. The molecule has 0 aromatic carbocycles. The summed E-state index contributed by atoms with van der Waals surface area (Å²) in [6.07, 6.45) is 1.13. The maximum Gasteiger partial charge on any atom is 0.230 e. The van der Waals surface area contributed by atoms with Crippen molar-refractivity contribution in [1.82, 2.24) is 10.1 Å². The van der Waals surface area contributed by atoms with E-state index in [4.69, 9.17) is 10.3 Å². The van der Waals surface area contributed by atoms with Crippen LogP contribution in [0.2, 0.25) is 0 Å². The van der Waals surface area contributed by atoms with E-state index in [0.29, 0.717) is 23.1 Å². The third-order valence-electron chi connectivity index (χ3n) is 3.29. The van der Waals surface area contributed by atoms with Crippen LogP contribution in [0.5, 0.6) is 0 Å². The lowest BCUT2D eigenvalue weighted by Gasteiger charge is -2.09. The molecule has 84 valence electrons. The molecule has 1 aromatic rings. The molecule has 2 atom stereocenters. The Bertz CT molecular complexity index is 340. The van der Waals surface area contributed by atoms with Gasteiger partial charge in [0.25, 0.3) is 0 Å². The Kier molecular flexibility index (Phi) is 2.34. The number of aromatic nitrogens is 2. The Morgan fingerprint density at radius 2 is 2.07 bits per heavy atom. The quantitative estimate of drug-likeness (QED) is 0.829. The molecular weight excluding hydrogens is 190 g/mol. The second kappa shape index (κ2) is 3.30. The van der Waals surface area contributed by atoms with Gasteiger partial charge in [0.05, 0.1) is 6.04 Å². The van der Waals surface area contributed by atoms with E-state index in [1.807, 2.05) is 0 Å². The molecule has 4 heteroatoms. The summed E-state index contributed by atoms with van der Waals surface area (Å²) in [6, 6.07) is -0.121. The minimum absolute atomic E-state index is 0.121. The van der Waals surface area contributed by atoms with Crippen LogP contribution < -0.4 is 5.73 Å². The van der Waals surface area contributed by atoms with Crippen LogP contribution in [0.1, 0.15) is 57.8 Å². The van der Waals surface area contributed by atoms with E-state index in [2.05, 4.69) is 37.8 Å². The molecular formula is C11H19N3O. The van der Waals surface area contributed by atoms with Gasteiger partial charge < -0.3 is 10.3 Å². The largest absolute Gasteiger partial charge is 0.339 e. The van der Waals surface area contributed by atoms with Crippen LogP contribution >= 0.6 is 0 Å². The lowest BCUT2D eigenvalue weighted by Crippen LogP contribution is -2.18. The fraction of sp³-hybridized carbons (Fsp3) is 0.818. The highest BCUT2D eigenvalue weighted by molar-refractivity contribution is 5.13. The van der Waals surface area contributed by atoms with Gasteiger partial charge in [0.15, 0.2) is 5.82 Å². The standard InChI is InChI=1S/C11H19N3O/c1-6(2)8(12)9-13-10(15-14-9)7-5-11(7,3)4/h6-8H,5,12H2,1-4H3. The van der Waals surface area contributed by atoms with Crippen LogP contribution in [-0.2, 0) is 0 Å². The van der Waals surface area contributed by atoms with Gasteiger partial charge >= 0.3 is 0 Å². The molecule has 1 fully saturated rings. The van der Waals surface area contributed by atoms with Crippen molar-refractivity contribution in [2.75, 3.05) is 0 Å². The first kappa shape index (κ1) is 10.6. The highest BCUT2D eigenvalue weighted by atomic mass is 16.5. The molecule has 1 aliphatic carbocycles. The molecule has 4 nitrogen and oxygen atoms in total. The average molecular weight is 209 g/mol. The van der Waals surface area contributed by atoms with Crippen LogP contribution in [0.3, 0.4) is 0 Å². The first-order chi connectivity index (χ1) is 6.92. The molecule has 2 N–H and O–H groups in total. The summed E-state index contributed by atoms with van der Waals surface area (Å²) in [4.78, 5) is 4.39. The van der Waals surface area contributed by atoms with Crippen molar-refractivity contribution in [3.63, 3.8) is 0 Å². The van der Waals surface area contributed by atoms with Crippen LogP contribution in [0.15, 0.2) is 4.52 Å². The van der Waals surface area contributed by atoms with Gasteiger partial charge in [-0.25, -0.2) is 0 Å². The Balaban J connectivity index is 2.12. The highest BCUT2D eigenvalue weighted by Crippen LogP contribution is 2.58. The molecule has 0 amide bonds. The highest BCUT2D eigenvalue weighted by Gasteiger charge is 2.50. The Hall–Kier alpha value is -0.900. The maximum absolute atomic E-state index is 5.95. The summed E-state index contributed by atoms with van der Waals surface area (Å²) in [6.45, 7) is 8.54. The van der Waals surface area contributed by atoms with Crippen molar-refractivity contribution in [3.05, 3.63) is 11.7 Å². The second-order valence-electron chi connectivity index (χ2n) is 5.51. The van der Waals surface area contributed by atoms with Crippen LogP contribution in [0.4, 0.5) is 0 Å². The molecule has 15 heavy (non-hydrogen) atoms. The monoisotopic (exact) mass is 209 g/mol. The summed E-state index contributed by atoms with van der Waals surface area (Å²) in [5, 5.41) is 3.95. The lowest BCUT2D eigenvalue weighted by molar-refractivity contribution is 0.355. The smallest absolute Gasteiger partial charge is 0.230 e. The van der Waals surface area contributed by atoms with E-state index in [9.17, 15) is 0 Å². The van der Waals surface area contributed by atoms with Crippen molar-refractivity contribution in [2.24, 2.45) is 17.1 Å². The SMILES string of the molecule is CC(C)C(N)c1noc(C2CC2(C)C)n1. The molecule has 0 saturated heterocycles. The number of hydrogen-bond donors (Lipinski definition) is 1. The van der Waals surface area contributed by atoms with E-state index in [1.165, 1.54) is 0 Å². The maximum atomic E-state index is 5.95. The summed E-state index contributed by atoms with van der Waals surface area (Å²) in [7, 11) is 0. The molecule has 1 aliphatic rings. The number of nitrogens with two attached hydrogens (primary N) is 1. The van der Waals surface area contributed by atoms with Crippen molar-refractivity contribution in [3.8, 4) is 0 Å². The van der Waals surface area contributed by atoms with Crippen LogP contribution in [-0.4, -0.2) is 10.1 Å². The molecule has 0 aliphatic heterocycles. The summed E-state index contributed by atoms with van der Waals surface area (Å²) in [5.74, 6) is 2.16. The second-order valence-corrected chi connectivity index (χ2v) is 5.51. The first-order valence-corrected chi connectivity index (χ1v) is 5.51. The lowest BCUT2D eigenvalue weighted by atomic mass is 10.1. The van der Waals surface area contributed by atoms with Gasteiger partial charge in [0.2, 0.25) is 5.89 Å². The Labute approximate surface area is 90.2 Å². The Morgan fingerprint density at radius 3 is 2.53 bits per heavy atom. The van der Waals surface area contributed by atoms with E-state index < -0.39 is 0 Å². The predicted molar refractivity (Wildman–Crippen MR) is 57.2 cm³/mol. The van der Waals surface area contributed by atoms with Gasteiger partial charge in [-0.1, -0.05) is 32.9 Å². The molecule has 2 unspecified atom stereocenters. The minimum atomic E-state index is -0.121. The van der Waals surface area contributed by atoms with Gasteiger partial charge in [0, 0.05) is 5.92 Å². The molecule has 0 radical (unpaired) electrons. The van der Waals surface area contributed by atoms with Crippen molar-refractivity contribution in [1.29, 1.82) is 0 Å². The third kappa shape index (κ3) is 1.91. The summed E-state index contributed by atoms with van der Waals surface area (Å²) in [5.41, 5.74) is 6.28. The van der Waals surface area contributed by atoms with Crippen LogP contribution in [0, 0.1) is 11.3 Å². The van der Waals surface area contributed by atoms with Gasteiger partial charge in [0.1, 0.15) is 0 Å². The number of rotatable bonds is 3. The molecule has 1 heterocycles. The molecule has 0 spiro atoms. The number of nitrogens with zero attached hydrogens (tertiary/aromatic N) is 2. The zero-order valence-corrected chi connectivity index (χ0v) is 9.82. The van der Waals surface area contributed by atoms with E-state index in [0.717, 1.165) is 12.3 Å². The van der Waals surface area contributed by atoms with Crippen molar-refractivity contribution in [2.45, 2.75) is 46.1 Å². The molecule has 1 saturated carbocycles. The van der Waals surface area contributed by atoms with Gasteiger partial charge in [-0.3, -0.25) is 0 Å². The van der Waals surface area contributed by atoms with E-state index in [1.54, 1.807) is 0 Å². The average Bonchev–Trinajstić information content (AvgIpc) is 2.64.